The highest BCUT2D eigenvalue weighted by Crippen LogP contribution is 2.36. The molecule has 2 heteroatoms. The van der Waals surface area contributed by atoms with E-state index in [1.165, 1.54) is 0 Å². The molecule has 2 atom stereocenters. The van der Waals surface area contributed by atoms with Crippen LogP contribution in [0.15, 0.2) is 24.3 Å². The van der Waals surface area contributed by atoms with Gasteiger partial charge in [-0.2, -0.15) is 0 Å². The molecule has 12 heavy (non-hydrogen) atoms. The van der Waals surface area contributed by atoms with Gasteiger partial charge < -0.3 is 4.74 Å². The van der Waals surface area contributed by atoms with Crippen LogP contribution in [0.2, 0.25) is 0 Å². The van der Waals surface area contributed by atoms with Crippen LogP contribution in [0.1, 0.15) is 18.4 Å². The number of hydrogen-bond donors (Lipinski definition) is 0. The van der Waals surface area contributed by atoms with E-state index < -0.39 is 0 Å². The summed E-state index contributed by atoms with van der Waals surface area (Å²) in [6.45, 7) is 2.00. The van der Waals surface area contributed by atoms with Gasteiger partial charge in [0, 0.05) is 11.5 Å². The number of carbonyl (C=O) groups excluding carboxylic acids is 1. The molecule has 2 rings (SSSR count). The fourth-order valence-corrected chi connectivity index (χ4v) is 1.54. The van der Waals surface area contributed by atoms with Crippen molar-refractivity contribution in [2.24, 2.45) is 0 Å². The zero-order valence-electron chi connectivity index (χ0n) is 6.86. The van der Waals surface area contributed by atoms with E-state index in [-0.39, 0.29) is 12.0 Å². The molecule has 1 aromatic carbocycles. The summed E-state index contributed by atoms with van der Waals surface area (Å²) >= 11 is 0. The van der Waals surface area contributed by atoms with E-state index in [4.69, 9.17) is 4.74 Å². The monoisotopic (exact) mass is 162 g/mol. The zero-order valence-corrected chi connectivity index (χ0v) is 6.86. The van der Waals surface area contributed by atoms with E-state index in [1.807, 2.05) is 31.2 Å². The van der Waals surface area contributed by atoms with Crippen LogP contribution < -0.4 is 4.74 Å². The van der Waals surface area contributed by atoms with Crippen LogP contribution in [-0.2, 0) is 4.79 Å². The Morgan fingerprint density at radius 1 is 1.42 bits per heavy atom. The lowest BCUT2D eigenvalue weighted by Crippen LogP contribution is -2.17. The number of fused-ring (bicyclic) bond motifs is 1. The van der Waals surface area contributed by atoms with Crippen molar-refractivity contribution < 1.29 is 9.53 Å². The minimum absolute atomic E-state index is 0.193. The molecule has 1 aromatic rings. The molecule has 0 aromatic heterocycles. The SMILES string of the molecule is CC1c2ccccc2OC1C=O. The maximum Gasteiger partial charge on any atom is 0.161 e. The average molecular weight is 162 g/mol. The summed E-state index contributed by atoms with van der Waals surface area (Å²) in [7, 11) is 0. The van der Waals surface area contributed by atoms with Crippen molar-refractivity contribution in [3.8, 4) is 5.75 Å². The van der Waals surface area contributed by atoms with Crippen LogP contribution >= 0.6 is 0 Å². The smallest absolute Gasteiger partial charge is 0.161 e. The number of para-hydroxylation sites is 1. The summed E-state index contributed by atoms with van der Waals surface area (Å²) in [6.07, 6.45) is 0.576. The lowest BCUT2D eigenvalue weighted by atomic mass is 9.99. The first-order valence-corrected chi connectivity index (χ1v) is 4.04. The second kappa shape index (κ2) is 2.63. The van der Waals surface area contributed by atoms with E-state index >= 15 is 0 Å². The second-order valence-electron chi connectivity index (χ2n) is 3.05. The van der Waals surface area contributed by atoms with E-state index in [9.17, 15) is 4.79 Å². The third kappa shape index (κ3) is 0.916. The van der Waals surface area contributed by atoms with Crippen molar-refractivity contribution in [2.45, 2.75) is 18.9 Å². The third-order valence-electron chi connectivity index (χ3n) is 2.30. The molecule has 2 unspecified atom stereocenters. The van der Waals surface area contributed by atoms with Gasteiger partial charge in [-0.3, -0.25) is 4.79 Å². The van der Waals surface area contributed by atoms with Crippen LogP contribution in [0, 0.1) is 0 Å². The largest absolute Gasteiger partial charge is 0.482 e. The van der Waals surface area contributed by atoms with Gasteiger partial charge in [0.1, 0.15) is 5.75 Å². The van der Waals surface area contributed by atoms with Crippen molar-refractivity contribution in [1.29, 1.82) is 0 Å². The Kier molecular flexibility index (Phi) is 1.61. The normalized spacial score (nSPS) is 26.1. The van der Waals surface area contributed by atoms with Gasteiger partial charge in [-0.05, 0) is 6.07 Å². The average Bonchev–Trinajstić information content (AvgIpc) is 2.44. The molecule has 0 bridgehead atoms. The van der Waals surface area contributed by atoms with Crippen LogP contribution in [0.5, 0.6) is 5.75 Å². The molecule has 0 N–H and O–H groups in total. The highest BCUT2D eigenvalue weighted by Gasteiger charge is 2.29. The van der Waals surface area contributed by atoms with E-state index in [0.717, 1.165) is 17.6 Å². The second-order valence-corrected chi connectivity index (χ2v) is 3.05. The van der Waals surface area contributed by atoms with Gasteiger partial charge in [-0.25, -0.2) is 0 Å². The highest BCUT2D eigenvalue weighted by atomic mass is 16.5. The molecular formula is C10H10O2. The maximum absolute atomic E-state index is 10.6. The predicted octanol–water partition coefficient (Wildman–Crippen LogP) is 1.75. The Morgan fingerprint density at radius 3 is 2.83 bits per heavy atom. The molecule has 0 saturated carbocycles. The molecule has 0 saturated heterocycles. The van der Waals surface area contributed by atoms with Crippen molar-refractivity contribution in [2.75, 3.05) is 0 Å². The first-order valence-electron chi connectivity index (χ1n) is 4.04. The van der Waals surface area contributed by atoms with Crippen molar-refractivity contribution in [1.82, 2.24) is 0 Å². The van der Waals surface area contributed by atoms with E-state index in [0.29, 0.717) is 0 Å². The molecule has 0 amide bonds. The highest BCUT2D eigenvalue weighted by molar-refractivity contribution is 5.62. The van der Waals surface area contributed by atoms with Gasteiger partial charge >= 0.3 is 0 Å². The number of carbonyl (C=O) groups is 1. The summed E-state index contributed by atoms with van der Waals surface area (Å²) in [4.78, 5) is 10.6. The lowest BCUT2D eigenvalue weighted by Gasteiger charge is -2.05. The quantitative estimate of drug-likeness (QED) is 0.588. The molecule has 0 aliphatic carbocycles. The first kappa shape index (κ1) is 7.35. The molecule has 0 fully saturated rings. The van der Waals surface area contributed by atoms with Gasteiger partial charge in [0.05, 0.1) is 0 Å². The Balaban J connectivity index is 2.41. The van der Waals surface area contributed by atoms with Crippen molar-refractivity contribution in [3.63, 3.8) is 0 Å². The molecule has 0 radical (unpaired) electrons. The van der Waals surface area contributed by atoms with Gasteiger partial charge in [-0.15, -0.1) is 0 Å². The van der Waals surface area contributed by atoms with Gasteiger partial charge in [-0.1, -0.05) is 25.1 Å². The molecule has 62 valence electrons. The number of hydrogen-bond acceptors (Lipinski definition) is 2. The van der Waals surface area contributed by atoms with E-state index in [1.54, 1.807) is 0 Å². The number of ether oxygens (including phenoxy) is 1. The Hall–Kier alpha value is -1.31. The Bertz CT molecular complexity index is 306. The van der Waals surface area contributed by atoms with Gasteiger partial charge in [0.25, 0.3) is 0 Å². The van der Waals surface area contributed by atoms with Gasteiger partial charge in [0.15, 0.2) is 12.4 Å². The first-order chi connectivity index (χ1) is 5.83. The minimum Gasteiger partial charge on any atom is -0.482 e. The molecular weight excluding hydrogens is 152 g/mol. The summed E-state index contributed by atoms with van der Waals surface area (Å²) in [6, 6.07) is 7.78. The Morgan fingerprint density at radius 2 is 2.17 bits per heavy atom. The lowest BCUT2D eigenvalue weighted by molar-refractivity contribution is -0.113. The standard InChI is InChI=1S/C10H10O2/c1-7-8-4-2-3-5-9(8)12-10(7)6-11/h2-7,10H,1H3. The summed E-state index contributed by atoms with van der Waals surface area (Å²) < 4.78 is 5.40. The number of aldehydes is 1. The third-order valence-corrected chi connectivity index (χ3v) is 2.30. The molecule has 1 heterocycles. The van der Waals surface area contributed by atoms with Crippen LogP contribution in [0.3, 0.4) is 0 Å². The van der Waals surface area contributed by atoms with Gasteiger partial charge in [0.2, 0.25) is 0 Å². The number of rotatable bonds is 1. The topological polar surface area (TPSA) is 26.3 Å². The van der Waals surface area contributed by atoms with Crippen LogP contribution in [-0.4, -0.2) is 12.4 Å². The van der Waals surface area contributed by atoms with Crippen molar-refractivity contribution >= 4 is 6.29 Å². The Labute approximate surface area is 71.2 Å². The molecule has 1 aliphatic heterocycles. The molecule has 2 nitrogen and oxygen atoms in total. The molecule has 0 spiro atoms. The van der Waals surface area contributed by atoms with Crippen molar-refractivity contribution in [3.05, 3.63) is 29.8 Å². The maximum atomic E-state index is 10.6. The molecule has 1 aliphatic rings. The summed E-state index contributed by atoms with van der Waals surface area (Å²) in [5.74, 6) is 1.04. The van der Waals surface area contributed by atoms with E-state index in [2.05, 4.69) is 0 Å². The minimum atomic E-state index is -0.289. The predicted molar refractivity (Wildman–Crippen MR) is 45.3 cm³/mol. The summed E-state index contributed by atoms with van der Waals surface area (Å²) in [5, 5.41) is 0. The fourth-order valence-electron chi connectivity index (χ4n) is 1.54. The number of benzene rings is 1. The zero-order chi connectivity index (χ0) is 8.55. The fraction of sp³-hybridized carbons (Fsp3) is 0.300. The van der Waals surface area contributed by atoms with Crippen LogP contribution in [0.4, 0.5) is 0 Å². The van der Waals surface area contributed by atoms with Crippen LogP contribution in [0.25, 0.3) is 0 Å². The summed E-state index contributed by atoms with van der Waals surface area (Å²) in [5.41, 5.74) is 1.13.